The van der Waals surface area contributed by atoms with Crippen molar-refractivity contribution in [3.05, 3.63) is 60.2 Å². The van der Waals surface area contributed by atoms with Gasteiger partial charge in [0.15, 0.2) is 9.84 Å². The third-order valence-corrected chi connectivity index (χ3v) is 4.44. The summed E-state index contributed by atoms with van der Waals surface area (Å²) in [6.45, 7) is 0. The lowest BCUT2D eigenvalue weighted by Crippen LogP contribution is -2.24. The minimum Gasteiger partial charge on any atom is -0.495 e. The fraction of sp³-hybridized carbons (Fsp3) is 0.188. The van der Waals surface area contributed by atoms with Gasteiger partial charge in [0.2, 0.25) is 5.91 Å². The molecule has 0 aliphatic heterocycles. The van der Waals surface area contributed by atoms with E-state index in [1.165, 1.54) is 7.11 Å². The van der Waals surface area contributed by atoms with Crippen LogP contribution in [0.5, 0.6) is 5.75 Å². The summed E-state index contributed by atoms with van der Waals surface area (Å²) < 4.78 is 29.2. The number of nitrogens with one attached hydrogen (secondary N) is 1. The van der Waals surface area contributed by atoms with E-state index in [1.54, 1.807) is 48.5 Å². The van der Waals surface area contributed by atoms with Crippen LogP contribution in [0.4, 0.5) is 5.69 Å². The third kappa shape index (κ3) is 4.60. The molecule has 5 nitrogen and oxygen atoms in total. The molecule has 0 fully saturated rings. The standard InChI is InChI=1S/C16H17NO4S/c1-21-15-10-6-5-9-14(15)17-16(18)12-22(19,20)11-13-7-3-2-4-8-13/h2-10H,11-12H2,1H3,(H,17,18). The minimum atomic E-state index is -3.53. The molecule has 0 radical (unpaired) electrons. The van der Waals surface area contributed by atoms with Gasteiger partial charge in [0, 0.05) is 0 Å². The molecule has 0 aromatic heterocycles. The molecule has 0 heterocycles. The summed E-state index contributed by atoms with van der Waals surface area (Å²) in [5.74, 6) is -0.829. The molecular weight excluding hydrogens is 302 g/mol. The maximum atomic E-state index is 12.1. The summed E-state index contributed by atoms with van der Waals surface area (Å²) >= 11 is 0. The highest BCUT2D eigenvalue weighted by molar-refractivity contribution is 7.91. The quantitative estimate of drug-likeness (QED) is 0.886. The van der Waals surface area contributed by atoms with Crippen LogP contribution in [0.15, 0.2) is 54.6 Å². The first-order valence-electron chi connectivity index (χ1n) is 6.67. The fourth-order valence-electron chi connectivity index (χ4n) is 2.01. The maximum Gasteiger partial charge on any atom is 0.239 e. The first-order valence-corrected chi connectivity index (χ1v) is 8.49. The number of rotatable bonds is 6. The Morgan fingerprint density at radius 1 is 1.05 bits per heavy atom. The first kappa shape index (κ1) is 16.0. The van der Waals surface area contributed by atoms with Gasteiger partial charge in [-0.05, 0) is 17.7 Å². The molecule has 0 aliphatic carbocycles. The predicted octanol–water partition coefficient (Wildman–Crippen LogP) is 2.25. The molecular formula is C16H17NO4S. The number of hydrogen-bond acceptors (Lipinski definition) is 4. The average Bonchev–Trinajstić information content (AvgIpc) is 2.47. The summed E-state index contributed by atoms with van der Waals surface area (Å²) in [5.41, 5.74) is 1.11. The minimum absolute atomic E-state index is 0.160. The molecule has 22 heavy (non-hydrogen) atoms. The Kier molecular flexibility index (Phi) is 5.16. The van der Waals surface area contributed by atoms with Gasteiger partial charge in [-0.1, -0.05) is 42.5 Å². The Morgan fingerprint density at radius 3 is 2.36 bits per heavy atom. The number of para-hydroxylation sites is 2. The van der Waals surface area contributed by atoms with E-state index in [-0.39, 0.29) is 5.75 Å². The molecule has 0 saturated carbocycles. The third-order valence-electron chi connectivity index (χ3n) is 2.96. The van der Waals surface area contributed by atoms with Gasteiger partial charge in [-0.3, -0.25) is 4.79 Å². The van der Waals surface area contributed by atoms with Crippen molar-refractivity contribution in [1.29, 1.82) is 0 Å². The normalized spacial score (nSPS) is 11.0. The molecule has 2 rings (SSSR count). The zero-order chi connectivity index (χ0) is 16.0. The van der Waals surface area contributed by atoms with Crippen LogP contribution in [0.1, 0.15) is 5.56 Å². The van der Waals surface area contributed by atoms with Crippen molar-refractivity contribution in [2.75, 3.05) is 18.2 Å². The highest BCUT2D eigenvalue weighted by Crippen LogP contribution is 2.23. The largest absolute Gasteiger partial charge is 0.495 e. The number of carbonyl (C=O) groups is 1. The Balaban J connectivity index is 2.02. The Labute approximate surface area is 129 Å². The van der Waals surface area contributed by atoms with Crippen LogP contribution in [0, 0.1) is 0 Å². The number of ether oxygens (including phenoxy) is 1. The number of benzene rings is 2. The van der Waals surface area contributed by atoms with Crippen LogP contribution in [0.2, 0.25) is 0 Å². The molecule has 2 aromatic carbocycles. The van der Waals surface area contributed by atoms with Crippen molar-refractivity contribution in [3.63, 3.8) is 0 Å². The number of sulfone groups is 1. The van der Waals surface area contributed by atoms with Gasteiger partial charge in [0.1, 0.15) is 11.5 Å². The monoisotopic (exact) mass is 319 g/mol. The Hall–Kier alpha value is -2.34. The summed E-state index contributed by atoms with van der Waals surface area (Å²) in [5, 5.41) is 2.56. The highest BCUT2D eigenvalue weighted by Gasteiger charge is 2.18. The second-order valence-electron chi connectivity index (χ2n) is 4.77. The molecule has 1 N–H and O–H groups in total. The fourth-order valence-corrected chi connectivity index (χ4v) is 3.29. The van der Waals surface area contributed by atoms with Gasteiger partial charge < -0.3 is 10.1 Å². The average molecular weight is 319 g/mol. The van der Waals surface area contributed by atoms with Crippen molar-refractivity contribution in [2.45, 2.75) is 5.75 Å². The number of anilines is 1. The molecule has 1 amide bonds. The highest BCUT2D eigenvalue weighted by atomic mass is 32.2. The molecule has 0 unspecified atom stereocenters. The molecule has 0 atom stereocenters. The summed E-state index contributed by atoms with van der Waals surface area (Å²) in [4.78, 5) is 11.9. The van der Waals surface area contributed by atoms with Gasteiger partial charge in [0.05, 0.1) is 18.6 Å². The molecule has 116 valence electrons. The van der Waals surface area contributed by atoms with Gasteiger partial charge in [-0.25, -0.2) is 8.42 Å². The Morgan fingerprint density at radius 2 is 1.68 bits per heavy atom. The number of methoxy groups -OCH3 is 1. The van der Waals surface area contributed by atoms with Crippen LogP contribution < -0.4 is 10.1 Å². The number of carbonyl (C=O) groups excluding carboxylic acids is 1. The van der Waals surface area contributed by atoms with Crippen molar-refractivity contribution in [2.24, 2.45) is 0 Å². The SMILES string of the molecule is COc1ccccc1NC(=O)CS(=O)(=O)Cc1ccccc1. The smallest absolute Gasteiger partial charge is 0.239 e. The number of hydrogen-bond donors (Lipinski definition) is 1. The van der Waals surface area contributed by atoms with Crippen LogP contribution in [-0.2, 0) is 20.4 Å². The van der Waals surface area contributed by atoms with Crippen LogP contribution in [-0.4, -0.2) is 27.2 Å². The zero-order valence-corrected chi connectivity index (χ0v) is 13.0. The number of amides is 1. The van der Waals surface area contributed by atoms with Crippen molar-refractivity contribution in [1.82, 2.24) is 0 Å². The molecule has 0 spiro atoms. The van der Waals surface area contributed by atoms with E-state index in [2.05, 4.69) is 5.32 Å². The summed E-state index contributed by atoms with van der Waals surface area (Å²) in [6.07, 6.45) is 0. The molecule has 2 aromatic rings. The van der Waals surface area contributed by atoms with Crippen molar-refractivity contribution < 1.29 is 17.9 Å². The molecule has 0 saturated heterocycles. The van der Waals surface area contributed by atoms with Gasteiger partial charge >= 0.3 is 0 Å². The second-order valence-corrected chi connectivity index (χ2v) is 6.83. The maximum absolute atomic E-state index is 12.1. The van der Waals surface area contributed by atoms with E-state index in [4.69, 9.17) is 4.74 Å². The van der Waals surface area contributed by atoms with E-state index >= 15 is 0 Å². The van der Waals surface area contributed by atoms with Crippen LogP contribution in [0.3, 0.4) is 0 Å². The van der Waals surface area contributed by atoms with Crippen LogP contribution >= 0.6 is 0 Å². The lowest BCUT2D eigenvalue weighted by Gasteiger charge is -2.10. The summed E-state index contributed by atoms with van der Waals surface area (Å²) in [6, 6.07) is 15.6. The van der Waals surface area contributed by atoms with Gasteiger partial charge in [-0.2, -0.15) is 0 Å². The van der Waals surface area contributed by atoms with E-state index in [9.17, 15) is 13.2 Å². The predicted molar refractivity (Wildman–Crippen MR) is 85.6 cm³/mol. The van der Waals surface area contributed by atoms with E-state index < -0.39 is 21.5 Å². The van der Waals surface area contributed by atoms with Gasteiger partial charge in [0.25, 0.3) is 0 Å². The van der Waals surface area contributed by atoms with Crippen molar-refractivity contribution in [3.8, 4) is 5.75 Å². The Bertz CT molecular complexity index is 742. The lowest BCUT2D eigenvalue weighted by atomic mass is 10.2. The topological polar surface area (TPSA) is 72.5 Å². The zero-order valence-electron chi connectivity index (χ0n) is 12.2. The second kappa shape index (κ2) is 7.09. The summed E-state index contributed by atoms with van der Waals surface area (Å²) in [7, 11) is -2.04. The van der Waals surface area contributed by atoms with E-state index in [0.29, 0.717) is 17.0 Å². The van der Waals surface area contributed by atoms with Gasteiger partial charge in [-0.15, -0.1) is 0 Å². The van der Waals surface area contributed by atoms with Crippen molar-refractivity contribution >= 4 is 21.4 Å². The lowest BCUT2D eigenvalue weighted by molar-refractivity contribution is -0.113. The molecule has 0 aliphatic rings. The van der Waals surface area contributed by atoms with E-state index in [1.807, 2.05) is 6.07 Å². The first-order chi connectivity index (χ1) is 10.5. The molecule has 0 bridgehead atoms. The van der Waals surface area contributed by atoms with Crippen LogP contribution in [0.25, 0.3) is 0 Å². The molecule has 6 heteroatoms. The van der Waals surface area contributed by atoms with E-state index in [0.717, 1.165) is 0 Å².